The summed E-state index contributed by atoms with van der Waals surface area (Å²) in [7, 11) is 0. The summed E-state index contributed by atoms with van der Waals surface area (Å²) in [6.45, 7) is 0. The quantitative estimate of drug-likeness (QED) is 0.172. The van der Waals surface area contributed by atoms with Crippen molar-refractivity contribution in [3.8, 4) is 28.5 Å². The Morgan fingerprint density at radius 3 is 1.82 bits per heavy atom. The maximum atomic E-state index is 5.54. The molecule has 0 fully saturated rings. The molecule has 8 aromatic carbocycles. The maximum Gasteiger partial charge on any atom is 0.200 e. The summed E-state index contributed by atoms with van der Waals surface area (Å²) in [6.07, 6.45) is 6.60. The fourth-order valence-corrected chi connectivity index (χ4v) is 11.5. The van der Waals surface area contributed by atoms with Crippen molar-refractivity contribution in [2.45, 2.75) is 12.0 Å². The van der Waals surface area contributed by atoms with Crippen LogP contribution in [-0.2, 0) is 0 Å². The third kappa shape index (κ3) is 5.14. The molecule has 0 saturated heterocycles. The van der Waals surface area contributed by atoms with Crippen molar-refractivity contribution in [3.63, 3.8) is 0 Å². The van der Waals surface area contributed by atoms with E-state index in [1.807, 2.05) is 12.3 Å². The van der Waals surface area contributed by atoms with Crippen LogP contribution in [0.4, 0.5) is 11.5 Å². The normalized spacial score (nSPS) is 15.3. The molecule has 318 valence electrons. The predicted molar refractivity (Wildman–Crippen MR) is 276 cm³/mol. The Kier molecular flexibility index (Phi) is 7.74. The molecule has 8 nitrogen and oxygen atoms in total. The van der Waals surface area contributed by atoms with E-state index in [0.717, 1.165) is 77.7 Å². The zero-order valence-electron chi connectivity index (χ0n) is 36.5. The number of aromatic nitrogens is 7. The average molecular weight is 871 g/mol. The summed E-state index contributed by atoms with van der Waals surface area (Å²) in [4.78, 5) is 24.2. The van der Waals surface area contributed by atoms with Gasteiger partial charge in [0.25, 0.3) is 0 Å². The first-order chi connectivity index (χ1) is 33.8. The van der Waals surface area contributed by atoms with Crippen LogP contribution in [0, 0.1) is 0 Å². The van der Waals surface area contributed by atoms with E-state index in [2.05, 4.69) is 225 Å². The molecule has 1 aliphatic heterocycles. The van der Waals surface area contributed by atoms with Gasteiger partial charge < -0.3 is 14.0 Å². The Balaban J connectivity index is 0.990. The molecule has 2 aliphatic rings. The standard InChI is InChI=1S/C60H38N8/c1-4-18-37(19-5-1)54-60(68-49-30-16-12-24-40(49)43-34-35-51-53(55(43)68)46-27-13-17-31-50(46)65(51)38-20-6-2-7-21-38)64-58-59(63-54)62-52(36-61-58)67-48-29-15-11-26-42(48)45-33-32-44-41-25-10-14-28-47(41)66(56(44)57(45)67)39-22-8-3-9-23-39/h1-36,45,57H. The van der Waals surface area contributed by atoms with E-state index in [-0.39, 0.29) is 12.0 Å². The summed E-state index contributed by atoms with van der Waals surface area (Å²) < 4.78 is 7.13. The Bertz CT molecular complexity index is 4220. The first-order valence-electron chi connectivity index (χ1n) is 23.1. The van der Waals surface area contributed by atoms with Gasteiger partial charge in [-0.3, -0.25) is 4.57 Å². The molecule has 13 aromatic rings. The van der Waals surface area contributed by atoms with Crippen LogP contribution < -0.4 is 4.90 Å². The molecule has 2 atom stereocenters. The van der Waals surface area contributed by atoms with Gasteiger partial charge in [-0.2, -0.15) is 0 Å². The summed E-state index contributed by atoms with van der Waals surface area (Å²) in [5.74, 6) is 1.50. The predicted octanol–water partition coefficient (Wildman–Crippen LogP) is 14.2. The molecule has 0 spiro atoms. The minimum absolute atomic E-state index is 0.0799. The second-order valence-electron chi connectivity index (χ2n) is 17.8. The smallest absolute Gasteiger partial charge is 0.200 e. The molecule has 0 amide bonds. The van der Waals surface area contributed by atoms with Gasteiger partial charge in [0.2, 0.25) is 5.65 Å². The molecule has 68 heavy (non-hydrogen) atoms. The molecule has 0 saturated carbocycles. The third-order valence-corrected chi connectivity index (χ3v) is 14.2. The van der Waals surface area contributed by atoms with Crippen LogP contribution in [0.2, 0.25) is 0 Å². The van der Waals surface area contributed by atoms with Gasteiger partial charge in [-0.05, 0) is 60.2 Å². The van der Waals surface area contributed by atoms with Gasteiger partial charge in [0.1, 0.15) is 5.69 Å². The van der Waals surface area contributed by atoms with E-state index in [4.69, 9.17) is 19.9 Å². The summed E-state index contributed by atoms with van der Waals surface area (Å²) in [6, 6.07) is 70.9. The van der Waals surface area contributed by atoms with Gasteiger partial charge >= 0.3 is 0 Å². The fourth-order valence-electron chi connectivity index (χ4n) is 11.5. The number of nitrogens with zero attached hydrogens (tertiary/aromatic N) is 8. The summed E-state index contributed by atoms with van der Waals surface area (Å²) >= 11 is 0. The maximum absolute atomic E-state index is 5.54. The van der Waals surface area contributed by atoms with E-state index in [9.17, 15) is 0 Å². The molecular weight excluding hydrogens is 833 g/mol. The lowest BCUT2D eigenvalue weighted by Gasteiger charge is -2.32. The fraction of sp³-hybridized carbons (Fsp3) is 0.0333. The van der Waals surface area contributed by atoms with Gasteiger partial charge in [0.15, 0.2) is 17.3 Å². The largest absolute Gasteiger partial charge is 0.315 e. The van der Waals surface area contributed by atoms with Crippen molar-refractivity contribution < 1.29 is 0 Å². The second kappa shape index (κ2) is 14.2. The molecule has 15 rings (SSSR count). The number of para-hydroxylation sites is 6. The minimum Gasteiger partial charge on any atom is -0.315 e. The molecule has 0 radical (unpaired) electrons. The van der Waals surface area contributed by atoms with Crippen LogP contribution in [0.15, 0.2) is 212 Å². The van der Waals surface area contributed by atoms with E-state index in [1.54, 1.807) is 0 Å². The Morgan fingerprint density at radius 2 is 1.06 bits per heavy atom. The van der Waals surface area contributed by atoms with Gasteiger partial charge in [-0.15, -0.1) is 0 Å². The van der Waals surface area contributed by atoms with Crippen LogP contribution in [0.1, 0.15) is 28.8 Å². The first kappa shape index (κ1) is 37.1. The van der Waals surface area contributed by atoms with Crippen molar-refractivity contribution in [3.05, 3.63) is 229 Å². The lowest BCUT2D eigenvalue weighted by atomic mass is 9.86. The van der Waals surface area contributed by atoms with E-state index >= 15 is 0 Å². The Labute approximate surface area is 390 Å². The van der Waals surface area contributed by atoms with Gasteiger partial charge in [0.05, 0.1) is 45.5 Å². The van der Waals surface area contributed by atoms with E-state index in [0.29, 0.717) is 17.1 Å². The highest BCUT2D eigenvalue weighted by Crippen LogP contribution is 2.57. The van der Waals surface area contributed by atoms with Crippen LogP contribution in [-0.4, -0.2) is 33.6 Å². The molecule has 1 aliphatic carbocycles. The molecule has 5 aromatic heterocycles. The second-order valence-corrected chi connectivity index (χ2v) is 17.8. The Morgan fingerprint density at radius 1 is 0.441 bits per heavy atom. The molecule has 0 bridgehead atoms. The van der Waals surface area contributed by atoms with E-state index < -0.39 is 0 Å². The van der Waals surface area contributed by atoms with Crippen molar-refractivity contribution >= 4 is 83.4 Å². The number of rotatable bonds is 5. The highest BCUT2D eigenvalue weighted by molar-refractivity contribution is 6.26. The van der Waals surface area contributed by atoms with Crippen LogP contribution in [0.3, 0.4) is 0 Å². The molecule has 2 unspecified atom stereocenters. The van der Waals surface area contributed by atoms with Gasteiger partial charge in [-0.1, -0.05) is 158 Å². The molecule has 8 heteroatoms. The highest BCUT2D eigenvalue weighted by atomic mass is 15.3. The number of hydrogen-bond donors (Lipinski definition) is 0. The topological polar surface area (TPSA) is 69.6 Å². The minimum atomic E-state index is -0.106. The average Bonchev–Trinajstić information content (AvgIpc) is 4.14. The Hall–Kier alpha value is -9.14. The van der Waals surface area contributed by atoms with Crippen molar-refractivity contribution in [1.29, 1.82) is 0 Å². The first-order valence-corrected chi connectivity index (χ1v) is 23.1. The number of fused-ring (bicyclic) bond motifs is 15. The molecular formula is C60H38N8. The van der Waals surface area contributed by atoms with Crippen LogP contribution in [0.25, 0.3) is 100 Å². The lowest BCUT2D eigenvalue weighted by Crippen LogP contribution is -2.27. The summed E-state index contributed by atoms with van der Waals surface area (Å²) in [5, 5.41) is 5.81. The monoisotopic (exact) mass is 870 g/mol. The zero-order chi connectivity index (χ0) is 44.5. The van der Waals surface area contributed by atoms with Crippen molar-refractivity contribution in [2.75, 3.05) is 4.90 Å². The van der Waals surface area contributed by atoms with Crippen molar-refractivity contribution in [1.82, 2.24) is 33.6 Å². The van der Waals surface area contributed by atoms with Crippen LogP contribution >= 0.6 is 0 Å². The number of benzene rings is 8. The van der Waals surface area contributed by atoms with Gasteiger partial charge in [-0.25, -0.2) is 19.9 Å². The highest BCUT2D eigenvalue weighted by Gasteiger charge is 2.45. The third-order valence-electron chi connectivity index (χ3n) is 14.2. The number of hydrogen-bond acceptors (Lipinski definition) is 5. The number of anilines is 2. The van der Waals surface area contributed by atoms with E-state index in [1.165, 1.54) is 27.7 Å². The SMILES string of the molecule is C1=CC2c3ccccc3N(c3cnc4nc(-n5c6ccccc6c6ccc7c(c8ccccc8n7-c7ccccc7)c65)c(-c5ccccc5)nc4n3)C2c2c1c1ccccc1n2-c1ccccc1. The molecule has 6 heterocycles. The summed E-state index contributed by atoms with van der Waals surface area (Å²) in [5.41, 5.74) is 15.2. The molecule has 0 N–H and O–H groups in total. The zero-order valence-corrected chi connectivity index (χ0v) is 36.5. The lowest BCUT2D eigenvalue weighted by molar-refractivity contribution is 0.632. The van der Waals surface area contributed by atoms with Crippen molar-refractivity contribution in [2.24, 2.45) is 0 Å². The van der Waals surface area contributed by atoms with Gasteiger partial charge in [0, 0.05) is 61.0 Å². The van der Waals surface area contributed by atoms with Crippen LogP contribution in [0.5, 0.6) is 0 Å².